The number of fused-ring (bicyclic) bond motifs is 1. The maximum absolute atomic E-state index is 12.2. The molecule has 98 valence electrons. The molecular weight excluding hydrogens is 226 g/mol. The summed E-state index contributed by atoms with van der Waals surface area (Å²) in [4.78, 5) is 12.2. The number of hydrogen-bond donors (Lipinski definition) is 1. The van der Waals surface area contributed by atoms with Gasteiger partial charge < -0.3 is 10.5 Å². The van der Waals surface area contributed by atoms with Gasteiger partial charge in [0.15, 0.2) is 5.78 Å². The van der Waals surface area contributed by atoms with Gasteiger partial charge in [-0.25, -0.2) is 0 Å². The number of carbonyl (C=O) groups excluding carboxylic acids is 1. The molecule has 1 aromatic rings. The lowest BCUT2D eigenvalue weighted by molar-refractivity contribution is -0.127. The van der Waals surface area contributed by atoms with Gasteiger partial charge in [0.1, 0.15) is 0 Å². The molecule has 0 fully saturated rings. The van der Waals surface area contributed by atoms with Gasteiger partial charge in [0.05, 0.1) is 18.2 Å². The number of carbonyl (C=O) groups is 1. The topological polar surface area (TPSA) is 52.3 Å². The Morgan fingerprint density at radius 1 is 1.50 bits per heavy atom. The first kappa shape index (κ1) is 13.2. The summed E-state index contributed by atoms with van der Waals surface area (Å²) in [6, 6.07) is 8.18. The van der Waals surface area contributed by atoms with Crippen LogP contribution in [0.4, 0.5) is 0 Å². The van der Waals surface area contributed by atoms with E-state index in [0.29, 0.717) is 19.4 Å². The van der Waals surface area contributed by atoms with Crippen molar-refractivity contribution in [1.82, 2.24) is 0 Å². The van der Waals surface area contributed by atoms with Crippen molar-refractivity contribution in [2.45, 2.75) is 44.8 Å². The highest BCUT2D eigenvalue weighted by atomic mass is 16.5. The van der Waals surface area contributed by atoms with E-state index in [4.69, 9.17) is 10.5 Å². The van der Waals surface area contributed by atoms with E-state index >= 15 is 0 Å². The van der Waals surface area contributed by atoms with Gasteiger partial charge in [0, 0.05) is 6.42 Å². The molecule has 0 spiro atoms. The van der Waals surface area contributed by atoms with E-state index in [9.17, 15) is 4.79 Å². The van der Waals surface area contributed by atoms with Crippen LogP contribution >= 0.6 is 0 Å². The molecule has 2 N–H and O–H groups in total. The Hall–Kier alpha value is -1.19. The summed E-state index contributed by atoms with van der Waals surface area (Å²) in [7, 11) is 0. The molecule has 0 aliphatic carbocycles. The maximum Gasteiger partial charge on any atom is 0.155 e. The predicted octanol–water partition coefficient (Wildman–Crippen LogP) is 2.39. The fraction of sp³-hybridized carbons (Fsp3) is 0.533. The molecule has 2 unspecified atom stereocenters. The third-order valence-electron chi connectivity index (χ3n) is 3.83. The smallest absolute Gasteiger partial charge is 0.155 e. The molecule has 1 aromatic carbocycles. The molecule has 0 radical (unpaired) electrons. The summed E-state index contributed by atoms with van der Waals surface area (Å²) in [5.41, 5.74) is 7.68. The molecule has 1 heterocycles. The standard InChI is InChI=1S/C15H21NO2/c1-3-15(2,16)14(17)10-13-12-7-5-4-6-11(12)8-9-18-13/h4-7,13H,3,8-10,16H2,1-2H3. The van der Waals surface area contributed by atoms with Crippen LogP contribution in [0.25, 0.3) is 0 Å². The average Bonchev–Trinajstić information content (AvgIpc) is 2.39. The van der Waals surface area contributed by atoms with Crippen LogP contribution in [0.15, 0.2) is 24.3 Å². The zero-order valence-corrected chi connectivity index (χ0v) is 11.1. The second-order valence-corrected chi connectivity index (χ2v) is 5.21. The van der Waals surface area contributed by atoms with Crippen molar-refractivity contribution in [3.05, 3.63) is 35.4 Å². The normalized spacial score (nSPS) is 22.1. The molecule has 18 heavy (non-hydrogen) atoms. The average molecular weight is 247 g/mol. The molecule has 0 bridgehead atoms. The maximum atomic E-state index is 12.2. The number of hydrogen-bond acceptors (Lipinski definition) is 3. The van der Waals surface area contributed by atoms with Crippen molar-refractivity contribution in [2.24, 2.45) is 5.73 Å². The van der Waals surface area contributed by atoms with Crippen LogP contribution < -0.4 is 5.73 Å². The summed E-state index contributed by atoms with van der Waals surface area (Å²) in [6.07, 6.45) is 1.82. The second-order valence-electron chi connectivity index (χ2n) is 5.21. The highest BCUT2D eigenvalue weighted by molar-refractivity contribution is 5.88. The lowest BCUT2D eigenvalue weighted by atomic mass is 9.87. The van der Waals surface area contributed by atoms with Crippen LogP contribution in [-0.4, -0.2) is 17.9 Å². The third-order valence-corrected chi connectivity index (χ3v) is 3.83. The predicted molar refractivity (Wildman–Crippen MR) is 71.3 cm³/mol. The second kappa shape index (κ2) is 5.21. The molecule has 2 rings (SSSR count). The van der Waals surface area contributed by atoms with Crippen LogP contribution in [0.2, 0.25) is 0 Å². The summed E-state index contributed by atoms with van der Waals surface area (Å²) in [5, 5.41) is 0. The van der Waals surface area contributed by atoms with Crippen molar-refractivity contribution < 1.29 is 9.53 Å². The zero-order chi connectivity index (χ0) is 13.2. The van der Waals surface area contributed by atoms with Crippen LogP contribution in [-0.2, 0) is 16.0 Å². The van der Waals surface area contributed by atoms with E-state index < -0.39 is 5.54 Å². The minimum atomic E-state index is -0.740. The summed E-state index contributed by atoms with van der Waals surface area (Å²) in [6.45, 7) is 4.42. The quantitative estimate of drug-likeness (QED) is 0.888. The van der Waals surface area contributed by atoms with Crippen molar-refractivity contribution in [1.29, 1.82) is 0 Å². The minimum absolute atomic E-state index is 0.0757. The molecule has 3 heteroatoms. The van der Waals surface area contributed by atoms with Crippen LogP contribution in [0.1, 0.15) is 43.9 Å². The first-order chi connectivity index (χ1) is 8.54. The van der Waals surface area contributed by atoms with E-state index in [2.05, 4.69) is 6.07 Å². The number of ketones is 1. The van der Waals surface area contributed by atoms with Crippen LogP contribution in [0.5, 0.6) is 0 Å². The summed E-state index contributed by atoms with van der Waals surface area (Å²) in [5.74, 6) is 0.0757. The van der Waals surface area contributed by atoms with Crippen molar-refractivity contribution in [3.63, 3.8) is 0 Å². The monoisotopic (exact) mass is 247 g/mol. The van der Waals surface area contributed by atoms with E-state index in [1.807, 2.05) is 25.1 Å². The number of rotatable bonds is 4. The van der Waals surface area contributed by atoms with E-state index in [1.54, 1.807) is 6.92 Å². The van der Waals surface area contributed by atoms with Crippen molar-refractivity contribution in [2.75, 3.05) is 6.61 Å². The summed E-state index contributed by atoms with van der Waals surface area (Å²) >= 11 is 0. The largest absolute Gasteiger partial charge is 0.373 e. The first-order valence-electron chi connectivity index (χ1n) is 6.56. The first-order valence-corrected chi connectivity index (χ1v) is 6.56. The van der Waals surface area contributed by atoms with Gasteiger partial charge in [-0.2, -0.15) is 0 Å². The molecule has 1 aliphatic heterocycles. The van der Waals surface area contributed by atoms with Crippen molar-refractivity contribution in [3.8, 4) is 0 Å². The van der Waals surface area contributed by atoms with Gasteiger partial charge in [0.25, 0.3) is 0 Å². The molecule has 1 aliphatic rings. The Kier molecular flexibility index (Phi) is 3.83. The molecule has 0 saturated heterocycles. The molecule has 0 aromatic heterocycles. The van der Waals surface area contributed by atoms with Gasteiger partial charge in [-0.05, 0) is 30.9 Å². The molecule has 0 amide bonds. The Bertz CT molecular complexity index is 440. The lowest BCUT2D eigenvalue weighted by Crippen LogP contribution is -2.45. The lowest BCUT2D eigenvalue weighted by Gasteiger charge is -2.29. The highest BCUT2D eigenvalue weighted by Gasteiger charge is 2.31. The number of Topliss-reactive ketones (excluding diaryl/α,β-unsaturated/α-hetero) is 1. The molecule has 2 atom stereocenters. The van der Waals surface area contributed by atoms with Gasteiger partial charge in [-0.3, -0.25) is 4.79 Å². The molecule has 3 nitrogen and oxygen atoms in total. The third kappa shape index (κ3) is 2.62. The van der Waals surface area contributed by atoms with Crippen LogP contribution in [0, 0.1) is 0 Å². The van der Waals surface area contributed by atoms with Gasteiger partial charge in [-0.15, -0.1) is 0 Å². The SMILES string of the molecule is CCC(C)(N)C(=O)CC1OCCc2ccccc21. The highest BCUT2D eigenvalue weighted by Crippen LogP contribution is 2.30. The number of benzene rings is 1. The van der Waals surface area contributed by atoms with Crippen molar-refractivity contribution >= 4 is 5.78 Å². The van der Waals surface area contributed by atoms with E-state index in [0.717, 1.165) is 12.0 Å². The Morgan fingerprint density at radius 3 is 2.94 bits per heavy atom. The molecular formula is C15H21NO2. The fourth-order valence-corrected chi connectivity index (χ4v) is 2.24. The zero-order valence-electron chi connectivity index (χ0n) is 11.1. The Balaban J connectivity index is 2.15. The minimum Gasteiger partial charge on any atom is -0.373 e. The van der Waals surface area contributed by atoms with E-state index in [1.165, 1.54) is 5.56 Å². The summed E-state index contributed by atoms with van der Waals surface area (Å²) < 4.78 is 5.74. The number of nitrogens with two attached hydrogens (primary N) is 1. The van der Waals surface area contributed by atoms with Gasteiger partial charge in [-0.1, -0.05) is 31.2 Å². The van der Waals surface area contributed by atoms with Gasteiger partial charge in [0.2, 0.25) is 0 Å². The Morgan fingerprint density at radius 2 is 2.22 bits per heavy atom. The van der Waals surface area contributed by atoms with E-state index in [-0.39, 0.29) is 11.9 Å². The number of ether oxygens (including phenoxy) is 1. The fourth-order valence-electron chi connectivity index (χ4n) is 2.24. The molecule has 0 saturated carbocycles. The van der Waals surface area contributed by atoms with Gasteiger partial charge >= 0.3 is 0 Å². The van der Waals surface area contributed by atoms with Crippen LogP contribution in [0.3, 0.4) is 0 Å². The Labute approximate surface area is 108 Å².